The molecule has 4 fully saturated rings. The summed E-state index contributed by atoms with van der Waals surface area (Å²) in [5.41, 5.74) is 6.57. The van der Waals surface area contributed by atoms with Gasteiger partial charge in [-0.05, 0) is 85.9 Å². The number of rotatable bonds is 1. The highest BCUT2D eigenvalue weighted by molar-refractivity contribution is 5.78. The minimum Gasteiger partial charge on any atom is -0.369 e. The van der Waals surface area contributed by atoms with E-state index in [1.54, 1.807) is 0 Å². The van der Waals surface area contributed by atoms with Crippen LogP contribution in [0.1, 0.15) is 78.1 Å². The fourth-order valence-corrected chi connectivity index (χ4v) is 7.76. The van der Waals surface area contributed by atoms with Crippen molar-refractivity contribution in [3.63, 3.8) is 0 Å². The number of fused-ring (bicyclic) bond motifs is 5. The number of carbonyl (C=O) groups is 1. The van der Waals surface area contributed by atoms with E-state index in [1.807, 2.05) is 0 Å². The summed E-state index contributed by atoms with van der Waals surface area (Å²) < 4.78 is 0. The Morgan fingerprint density at radius 1 is 0.864 bits per heavy atom. The smallest absolute Gasteiger partial charge is 0.221 e. The average Bonchev–Trinajstić information content (AvgIpc) is 2.84. The molecule has 0 radical (unpaired) electrons. The Balaban J connectivity index is 1.63. The Morgan fingerprint density at radius 3 is 2.41 bits per heavy atom. The lowest BCUT2D eigenvalue weighted by molar-refractivity contribution is -0.134. The van der Waals surface area contributed by atoms with Gasteiger partial charge in [0, 0.05) is 5.92 Å². The SMILES string of the molecule is C[C@]12CCCC[C@@H]1CC[C@@H]1[C@@H]2CC[C@]2(C)[C@@H](C(N)=O)CC[C@@H]12. The molecule has 2 nitrogen and oxygen atoms in total. The van der Waals surface area contributed by atoms with Crippen LogP contribution in [0, 0.1) is 40.4 Å². The monoisotopic (exact) mass is 303 g/mol. The minimum atomic E-state index is -0.0268. The van der Waals surface area contributed by atoms with Crippen molar-refractivity contribution < 1.29 is 4.79 Å². The number of nitrogens with two attached hydrogens (primary N) is 1. The summed E-state index contributed by atoms with van der Waals surface area (Å²) in [6, 6.07) is 0. The maximum atomic E-state index is 11.9. The maximum Gasteiger partial charge on any atom is 0.221 e. The van der Waals surface area contributed by atoms with Gasteiger partial charge in [0.2, 0.25) is 5.91 Å². The molecule has 4 aliphatic rings. The van der Waals surface area contributed by atoms with Gasteiger partial charge >= 0.3 is 0 Å². The molecule has 22 heavy (non-hydrogen) atoms. The van der Waals surface area contributed by atoms with E-state index in [4.69, 9.17) is 5.73 Å². The minimum absolute atomic E-state index is 0.0268. The van der Waals surface area contributed by atoms with Gasteiger partial charge < -0.3 is 5.73 Å². The molecule has 0 spiro atoms. The third-order valence-corrected chi connectivity index (χ3v) is 8.93. The van der Waals surface area contributed by atoms with E-state index in [0.29, 0.717) is 5.41 Å². The zero-order valence-corrected chi connectivity index (χ0v) is 14.4. The molecule has 0 heterocycles. The van der Waals surface area contributed by atoms with Crippen molar-refractivity contribution in [2.45, 2.75) is 78.1 Å². The maximum absolute atomic E-state index is 11.9. The Labute approximate surface area is 135 Å². The first-order chi connectivity index (χ1) is 10.5. The summed E-state index contributed by atoms with van der Waals surface area (Å²) in [5, 5.41) is 0. The number of amides is 1. The van der Waals surface area contributed by atoms with E-state index in [0.717, 1.165) is 30.1 Å². The van der Waals surface area contributed by atoms with Crippen LogP contribution in [-0.2, 0) is 4.79 Å². The van der Waals surface area contributed by atoms with Gasteiger partial charge in [0.1, 0.15) is 0 Å². The van der Waals surface area contributed by atoms with Crippen LogP contribution in [-0.4, -0.2) is 5.91 Å². The van der Waals surface area contributed by atoms with Gasteiger partial charge in [0.05, 0.1) is 0 Å². The van der Waals surface area contributed by atoms with Crippen LogP contribution in [0.25, 0.3) is 0 Å². The molecule has 0 aromatic rings. The molecule has 0 aliphatic heterocycles. The van der Waals surface area contributed by atoms with Gasteiger partial charge in [-0.25, -0.2) is 0 Å². The van der Waals surface area contributed by atoms with Gasteiger partial charge in [-0.2, -0.15) is 0 Å². The number of hydrogen-bond donors (Lipinski definition) is 1. The van der Waals surface area contributed by atoms with E-state index >= 15 is 0 Å². The van der Waals surface area contributed by atoms with Crippen LogP contribution in [0.5, 0.6) is 0 Å². The van der Waals surface area contributed by atoms with Crippen molar-refractivity contribution >= 4 is 5.91 Å². The van der Waals surface area contributed by atoms with E-state index in [-0.39, 0.29) is 17.2 Å². The second kappa shape index (κ2) is 4.98. The molecule has 2 heteroatoms. The van der Waals surface area contributed by atoms with Crippen LogP contribution in [0.15, 0.2) is 0 Å². The zero-order valence-electron chi connectivity index (χ0n) is 14.4. The van der Waals surface area contributed by atoms with Crippen LogP contribution in [0.2, 0.25) is 0 Å². The second-order valence-electron chi connectivity index (χ2n) is 9.48. The Hall–Kier alpha value is -0.530. The van der Waals surface area contributed by atoms with Crippen molar-refractivity contribution in [3.8, 4) is 0 Å². The molecule has 4 rings (SSSR count). The van der Waals surface area contributed by atoms with Gasteiger partial charge in [-0.3, -0.25) is 4.79 Å². The molecule has 2 N–H and O–H groups in total. The van der Waals surface area contributed by atoms with Gasteiger partial charge in [-0.15, -0.1) is 0 Å². The summed E-state index contributed by atoms with van der Waals surface area (Å²) in [6.45, 7) is 5.02. The first kappa shape index (κ1) is 15.0. The summed E-state index contributed by atoms with van der Waals surface area (Å²) in [4.78, 5) is 11.9. The fraction of sp³-hybridized carbons (Fsp3) is 0.950. The standard InChI is InChI=1S/C20H33NO/c1-19-11-4-3-5-13(19)6-7-14-15-8-9-17(18(21)22)20(15,2)12-10-16(14)19/h13-17H,3-12H2,1-2H3,(H2,21,22)/t13-,14+,15+,16+,17-,19+,20+/m1/s1. The lowest BCUT2D eigenvalue weighted by Crippen LogP contribution is -2.53. The molecule has 4 aliphatic carbocycles. The van der Waals surface area contributed by atoms with Crippen molar-refractivity contribution in [1.29, 1.82) is 0 Å². The van der Waals surface area contributed by atoms with E-state index in [1.165, 1.54) is 57.8 Å². The van der Waals surface area contributed by atoms with Crippen LogP contribution in [0.3, 0.4) is 0 Å². The highest BCUT2D eigenvalue weighted by Crippen LogP contribution is 2.67. The zero-order chi connectivity index (χ0) is 15.5. The topological polar surface area (TPSA) is 43.1 Å². The summed E-state index contributed by atoms with van der Waals surface area (Å²) in [6.07, 6.45) is 13.6. The van der Waals surface area contributed by atoms with E-state index in [2.05, 4.69) is 13.8 Å². The molecule has 0 unspecified atom stereocenters. The Morgan fingerprint density at radius 2 is 1.64 bits per heavy atom. The number of primary amides is 1. The highest BCUT2D eigenvalue weighted by atomic mass is 16.1. The molecule has 0 saturated heterocycles. The number of carbonyl (C=O) groups excluding carboxylic acids is 1. The largest absolute Gasteiger partial charge is 0.369 e. The van der Waals surface area contributed by atoms with Crippen molar-refractivity contribution in [2.24, 2.45) is 46.2 Å². The lowest BCUT2D eigenvalue weighted by Gasteiger charge is -2.60. The lowest BCUT2D eigenvalue weighted by atomic mass is 9.45. The van der Waals surface area contributed by atoms with E-state index < -0.39 is 0 Å². The Bertz CT molecular complexity index is 474. The molecule has 7 atom stereocenters. The van der Waals surface area contributed by atoms with Gasteiger partial charge in [-0.1, -0.05) is 26.7 Å². The van der Waals surface area contributed by atoms with Crippen molar-refractivity contribution in [2.75, 3.05) is 0 Å². The van der Waals surface area contributed by atoms with Crippen molar-refractivity contribution in [1.82, 2.24) is 0 Å². The normalized spacial score (nSPS) is 54.2. The molecule has 124 valence electrons. The quantitative estimate of drug-likeness (QED) is 0.760. The molecule has 4 saturated carbocycles. The third-order valence-electron chi connectivity index (χ3n) is 8.93. The van der Waals surface area contributed by atoms with Crippen molar-refractivity contribution in [3.05, 3.63) is 0 Å². The first-order valence-corrected chi connectivity index (χ1v) is 9.76. The first-order valence-electron chi connectivity index (χ1n) is 9.76. The molecule has 0 aromatic heterocycles. The van der Waals surface area contributed by atoms with Crippen LogP contribution < -0.4 is 5.73 Å². The molecule has 0 bridgehead atoms. The van der Waals surface area contributed by atoms with Crippen LogP contribution in [0.4, 0.5) is 0 Å². The summed E-state index contributed by atoms with van der Waals surface area (Å²) in [5.74, 6) is 3.68. The van der Waals surface area contributed by atoms with Gasteiger partial charge in [0.25, 0.3) is 0 Å². The second-order valence-corrected chi connectivity index (χ2v) is 9.48. The predicted octanol–water partition coefficient (Wildman–Crippen LogP) is 4.52. The van der Waals surface area contributed by atoms with Gasteiger partial charge in [0.15, 0.2) is 0 Å². The third kappa shape index (κ3) is 1.88. The average molecular weight is 303 g/mol. The fourth-order valence-electron chi connectivity index (χ4n) is 7.76. The van der Waals surface area contributed by atoms with E-state index in [9.17, 15) is 4.79 Å². The Kier molecular flexibility index (Phi) is 3.40. The molecule has 0 aromatic carbocycles. The highest BCUT2D eigenvalue weighted by Gasteiger charge is 2.60. The number of hydrogen-bond acceptors (Lipinski definition) is 1. The van der Waals surface area contributed by atoms with Crippen LogP contribution >= 0.6 is 0 Å². The summed E-state index contributed by atoms with van der Waals surface area (Å²) >= 11 is 0. The molecule has 1 amide bonds. The summed E-state index contributed by atoms with van der Waals surface area (Å²) in [7, 11) is 0. The molecular weight excluding hydrogens is 270 g/mol. The predicted molar refractivity (Wildman–Crippen MR) is 89.0 cm³/mol. The molecular formula is C20H33NO.